The van der Waals surface area contributed by atoms with Gasteiger partial charge in [0.25, 0.3) is 15.9 Å². The van der Waals surface area contributed by atoms with Gasteiger partial charge < -0.3 is 5.32 Å². The number of sulfonamides is 1. The van der Waals surface area contributed by atoms with Crippen LogP contribution in [0.4, 0.5) is 10.8 Å². The molecule has 3 rings (SSSR count). The highest BCUT2D eigenvalue weighted by Crippen LogP contribution is 2.20. The number of carbonyl (C=O) groups is 1. The number of carbonyl (C=O) groups excluding carboxylic acids is 1. The van der Waals surface area contributed by atoms with Crippen LogP contribution in [0.25, 0.3) is 0 Å². The van der Waals surface area contributed by atoms with Crippen LogP contribution in [0.5, 0.6) is 0 Å². The van der Waals surface area contributed by atoms with Crippen molar-refractivity contribution in [3.63, 3.8) is 0 Å². The third-order valence-corrected chi connectivity index (χ3v) is 5.87. The number of aryl methyl sites for hydroxylation is 1. The van der Waals surface area contributed by atoms with Crippen LogP contribution in [0, 0.1) is 6.92 Å². The van der Waals surface area contributed by atoms with Crippen LogP contribution in [0.2, 0.25) is 0 Å². The summed E-state index contributed by atoms with van der Waals surface area (Å²) in [5.41, 5.74) is 0.818. The third kappa shape index (κ3) is 3.78. The van der Waals surface area contributed by atoms with E-state index in [2.05, 4.69) is 20.0 Å². The summed E-state index contributed by atoms with van der Waals surface area (Å²) < 4.78 is 26.8. The number of benzene rings is 1. The number of nitrogens with zero attached hydrogens (tertiary/aromatic N) is 2. The van der Waals surface area contributed by atoms with Crippen LogP contribution < -0.4 is 10.0 Å². The van der Waals surface area contributed by atoms with Crippen LogP contribution >= 0.6 is 22.7 Å². The minimum absolute atomic E-state index is 0.0835. The van der Waals surface area contributed by atoms with E-state index in [-0.39, 0.29) is 10.8 Å². The van der Waals surface area contributed by atoms with E-state index in [0.717, 1.165) is 5.01 Å². The first-order valence-corrected chi connectivity index (χ1v) is 9.94. The number of rotatable bonds is 5. The largest absolute Gasteiger partial charge is 0.321 e. The van der Waals surface area contributed by atoms with Crippen molar-refractivity contribution in [3.05, 3.63) is 51.9 Å². The fourth-order valence-electron chi connectivity index (χ4n) is 1.83. The van der Waals surface area contributed by atoms with Gasteiger partial charge in [-0.15, -0.1) is 22.7 Å². The number of nitrogens with one attached hydrogen (secondary N) is 2. The van der Waals surface area contributed by atoms with Gasteiger partial charge in [0.05, 0.1) is 9.90 Å². The molecule has 2 heterocycles. The molecule has 0 aliphatic carbocycles. The van der Waals surface area contributed by atoms with Crippen molar-refractivity contribution in [2.24, 2.45) is 0 Å². The summed E-state index contributed by atoms with van der Waals surface area (Å²) in [5.74, 6) is -0.337. The lowest BCUT2D eigenvalue weighted by Gasteiger charge is -2.07. The van der Waals surface area contributed by atoms with Gasteiger partial charge in [-0.2, -0.15) is 0 Å². The lowest BCUT2D eigenvalue weighted by Crippen LogP contribution is -2.14. The van der Waals surface area contributed by atoms with E-state index in [0.29, 0.717) is 16.5 Å². The second kappa shape index (κ2) is 6.67. The zero-order valence-corrected chi connectivity index (χ0v) is 14.8. The Balaban J connectivity index is 1.72. The number of hydrogen-bond donors (Lipinski definition) is 2. The molecule has 1 amide bonds. The zero-order chi connectivity index (χ0) is 17.2. The first kappa shape index (κ1) is 16.6. The Morgan fingerprint density at radius 2 is 1.92 bits per heavy atom. The Morgan fingerprint density at radius 1 is 1.17 bits per heavy atom. The van der Waals surface area contributed by atoms with E-state index in [1.165, 1.54) is 53.1 Å². The molecule has 0 fully saturated rings. The monoisotopic (exact) mass is 380 g/mol. The lowest BCUT2D eigenvalue weighted by atomic mass is 10.3. The molecule has 0 aliphatic rings. The smallest absolute Gasteiger partial charge is 0.275 e. The molecule has 10 heteroatoms. The van der Waals surface area contributed by atoms with Crippen LogP contribution in [-0.2, 0) is 10.0 Å². The SMILES string of the molecule is Cc1nc(C(=O)Nc2ccc(S(=O)(=O)Nc3nccs3)cc2)cs1. The lowest BCUT2D eigenvalue weighted by molar-refractivity contribution is 0.102. The molecule has 1 aromatic carbocycles. The van der Waals surface area contributed by atoms with Crippen molar-refractivity contribution in [2.75, 3.05) is 10.0 Å². The van der Waals surface area contributed by atoms with E-state index < -0.39 is 10.0 Å². The Labute approximate surface area is 146 Å². The number of amides is 1. The predicted molar refractivity (Wildman–Crippen MR) is 94.2 cm³/mol. The molecule has 0 unspecified atom stereocenters. The van der Waals surface area contributed by atoms with E-state index in [9.17, 15) is 13.2 Å². The van der Waals surface area contributed by atoms with Crippen molar-refractivity contribution in [1.29, 1.82) is 0 Å². The second-order valence-corrected chi connectivity index (χ2v) is 8.31. The van der Waals surface area contributed by atoms with Gasteiger partial charge in [0.1, 0.15) is 5.69 Å². The number of aromatic nitrogens is 2. The second-order valence-electron chi connectivity index (χ2n) is 4.67. The predicted octanol–water partition coefficient (Wildman–Crippen LogP) is 2.96. The molecule has 7 nitrogen and oxygen atoms in total. The van der Waals surface area contributed by atoms with Crippen molar-refractivity contribution >= 4 is 49.4 Å². The Hall–Kier alpha value is -2.30. The Kier molecular flexibility index (Phi) is 4.60. The molecule has 0 aliphatic heterocycles. The molecule has 124 valence electrons. The van der Waals surface area contributed by atoms with Gasteiger partial charge in [-0.3, -0.25) is 9.52 Å². The topological polar surface area (TPSA) is 101 Å². The van der Waals surface area contributed by atoms with Crippen LogP contribution in [0.1, 0.15) is 15.5 Å². The summed E-state index contributed by atoms with van der Waals surface area (Å²) in [4.78, 5) is 20.1. The average Bonchev–Trinajstić information content (AvgIpc) is 3.19. The number of anilines is 2. The van der Waals surface area contributed by atoms with Gasteiger partial charge in [0.2, 0.25) is 0 Å². The molecule has 0 saturated carbocycles. The molecule has 0 atom stereocenters. The highest BCUT2D eigenvalue weighted by molar-refractivity contribution is 7.93. The quantitative estimate of drug-likeness (QED) is 0.709. The summed E-state index contributed by atoms with van der Waals surface area (Å²) in [6.45, 7) is 1.82. The first-order chi connectivity index (χ1) is 11.4. The summed E-state index contributed by atoms with van der Waals surface area (Å²) >= 11 is 2.58. The number of thiazole rings is 2. The highest BCUT2D eigenvalue weighted by atomic mass is 32.2. The highest BCUT2D eigenvalue weighted by Gasteiger charge is 2.16. The van der Waals surface area contributed by atoms with E-state index in [4.69, 9.17) is 0 Å². The van der Waals surface area contributed by atoms with Crippen molar-refractivity contribution in [3.8, 4) is 0 Å². The number of hydrogen-bond acceptors (Lipinski definition) is 7. The van der Waals surface area contributed by atoms with E-state index >= 15 is 0 Å². The fraction of sp³-hybridized carbons (Fsp3) is 0.0714. The molecular formula is C14H12N4O3S3. The molecule has 0 spiro atoms. The van der Waals surface area contributed by atoms with Crippen molar-refractivity contribution in [1.82, 2.24) is 9.97 Å². The molecule has 2 N–H and O–H groups in total. The molecule has 0 radical (unpaired) electrons. The van der Waals surface area contributed by atoms with Gasteiger partial charge in [-0.1, -0.05) is 0 Å². The maximum Gasteiger partial charge on any atom is 0.275 e. The zero-order valence-electron chi connectivity index (χ0n) is 12.4. The molecule has 2 aromatic heterocycles. The van der Waals surface area contributed by atoms with Crippen LogP contribution in [-0.4, -0.2) is 24.3 Å². The summed E-state index contributed by atoms with van der Waals surface area (Å²) in [5, 5.41) is 7.12. The summed E-state index contributed by atoms with van der Waals surface area (Å²) in [6, 6.07) is 5.87. The first-order valence-electron chi connectivity index (χ1n) is 6.70. The molecule has 0 bridgehead atoms. The van der Waals surface area contributed by atoms with Gasteiger partial charge in [0.15, 0.2) is 5.13 Å². The average molecular weight is 380 g/mol. The normalized spacial score (nSPS) is 11.2. The van der Waals surface area contributed by atoms with E-state index in [1.807, 2.05) is 6.92 Å². The van der Waals surface area contributed by atoms with Gasteiger partial charge in [-0.25, -0.2) is 18.4 Å². The maximum atomic E-state index is 12.2. The minimum atomic E-state index is -3.70. The summed E-state index contributed by atoms with van der Waals surface area (Å²) in [7, 11) is -3.70. The Morgan fingerprint density at radius 3 is 2.50 bits per heavy atom. The maximum absolute atomic E-state index is 12.2. The molecule has 0 saturated heterocycles. The minimum Gasteiger partial charge on any atom is -0.321 e. The third-order valence-electron chi connectivity index (χ3n) is 2.93. The molecular weight excluding hydrogens is 368 g/mol. The fourth-order valence-corrected chi connectivity index (χ4v) is 4.21. The van der Waals surface area contributed by atoms with Gasteiger partial charge in [0, 0.05) is 22.6 Å². The molecule has 3 aromatic rings. The van der Waals surface area contributed by atoms with Crippen LogP contribution in [0.3, 0.4) is 0 Å². The van der Waals surface area contributed by atoms with Crippen molar-refractivity contribution < 1.29 is 13.2 Å². The van der Waals surface area contributed by atoms with E-state index in [1.54, 1.807) is 10.8 Å². The Bertz CT molecular complexity index is 948. The van der Waals surface area contributed by atoms with Crippen LogP contribution in [0.15, 0.2) is 46.1 Å². The molecule has 24 heavy (non-hydrogen) atoms. The standard InChI is InChI=1S/C14H12N4O3S3/c1-9-16-12(8-23-9)13(19)17-10-2-4-11(5-3-10)24(20,21)18-14-15-6-7-22-14/h2-8H,1H3,(H,15,18)(H,17,19). The van der Waals surface area contributed by atoms with Gasteiger partial charge >= 0.3 is 0 Å². The summed E-state index contributed by atoms with van der Waals surface area (Å²) in [6.07, 6.45) is 1.52. The van der Waals surface area contributed by atoms with Gasteiger partial charge in [-0.05, 0) is 31.2 Å². The van der Waals surface area contributed by atoms with Crippen molar-refractivity contribution in [2.45, 2.75) is 11.8 Å².